The molecule has 0 aromatic carbocycles. The maximum atomic E-state index is 11.7. The molecule has 0 aliphatic carbocycles. The maximum Gasteiger partial charge on any atom is 0.490 e. The molecule has 166 valence electrons. The predicted molar refractivity (Wildman–Crippen MR) is 95.2 cm³/mol. The minimum absolute atomic E-state index is 0.106. The van der Waals surface area contributed by atoms with Crippen molar-refractivity contribution in [2.75, 3.05) is 12.3 Å². The minimum Gasteiger partial charge on any atom is -0.383 e. The number of hydrogen-bond acceptors (Lipinski definition) is 10. The second kappa shape index (κ2) is 9.46. The highest BCUT2D eigenvalue weighted by molar-refractivity contribution is 7.66. The third kappa shape index (κ3) is 8.75. The molecule has 4 unspecified atom stereocenters. The third-order valence-electron chi connectivity index (χ3n) is 3.62. The first kappa shape index (κ1) is 24.3. The molecule has 0 bridgehead atoms. The summed E-state index contributed by atoms with van der Waals surface area (Å²) >= 11 is 0. The van der Waals surface area contributed by atoms with Gasteiger partial charge in [0.15, 0.2) is 0 Å². The summed E-state index contributed by atoms with van der Waals surface area (Å²) in [5.74, 6) is 0.106. The van der Waals surface area contributed by atoms with E-state index in [4.69, 9.17) is 25.2 Å². The van der Waals surface area contributed by atoms with E-state index in [0.29, 0.717) is 25.8 Å². The number of anilines is 1. The number of nitrogen functional groups attached to an aromatic ring is 1. The molecule has 1 aromatic heterocycles. The zero-order chi connectivity index (χ0) is 21.9. The van der Waals surface area contributed by atoms with Crippen LogP contribution in [0, 0.1) is 0 Å². The number of nitrogens with two attached hydrogens (primary N) is 1. The Hall–Kier alpha value is -0.950. The average molecular weight is 479 g/mol. The van der Waals surface area contributed by atoms with Gasteiger partial charge < -0.3 is 30.0 Å². The van der Waals surface area contributed by atoms with E-state index >= 15 is 0 Å². The summed E-state index contributed by atoms with van der Waals surface area (Å²) in [6, 6.07) is 1.47. The second-order valence-electron chi connectivity index (χ2n) is 5.96. The van der Waals surface area contributed by atoms with Crippen molar-refractivity contribution in [3.63, 3.8) is 0 Å². The number of rotatable bonds is 10. The highest BCUT2D eigenvalue weighted by Crippen LogP contribution is 2.66. The lowest BCUT2D eigenvalue weighted by Gasteiger charge is -2.18. The molecule has 1 aromatic rings. The summed E-state index contributed by atoms with van der Waals surface area (Å²) in [6.45, 7) is -0.192. The van der Waals surface area contributed by atoms with Gasteiger partial charge in [-0.3, -0.25) is 9.09 Å². The summed E-state index contributed by atoms with van der Waals surface area (Å²) in [7, 11) is -16.2. The van der Waals surface area contributed by atoms with Crippen LogP contribution < -0.4 is 11.4 Å². The maximum absolute atomic E-state index is 11.7. The van der Waals surface area contributed by atoms with Crippen LogP contribution in [0.25, 0.3) is 0 Å². The molecule has 0 saturated carbocycles. The molecule has 1 saturated heterocycles. The number of phosphoric acid groups is 3. The first-order valence-electron chi connectivity index (χ1n) is 8.01. The summed E-state index contributed by atoms with van der Waals surface area (Å²) in [5.41, 5.74) is 4.90. The fourth-order valence-corrected chi connectivity index (χ4v) is 5.54. The lowest BCUT2D eigenvalue weighted by Crippen LogP contribution is -2.25. The number of nitrogens with zero attached hydrogens (tertiary/aromatic N) is 2. The number of phosphoric ester groups is 1. The molecular weight excluding hydrogens is 459 g/mol. The lowest BCUT2D eigenvalue weighted by atomic mass is 10.1. The Kier molecular flexibility index (Phi) is 7.93. The first-order chi connectivity index (χ1) is 13.2. The van der Waals surface area contributed by atoms with Crippen LogP contribution in [-0.4, -0.2) is 47.9 Å². The van der Waals surface area contributed by atoms with Crippen LogP contribution >= 0.6 is 23.5 Å². The molecule has 1 aliphatic rings. The van der Waals surface area contributed by atoms with Crippen LogP contribution in [0.3, 0.4) is 0 Å². The Morgan fingerprint density at radius 2 is 1.79 bits per heavy atom. The molecule has 0 spiro atoms. The molecule has 6 N–H and O–H groups in total. The highest BCUT2D eigenvalue weighted by atomic mass is 31.3. The summed E-state index contributed by atoms with van der Waals surface area (Å²) in [5, 5.41) is 0. The van der Waals surface area contributed by atoms with Gasteiger partial charge in [-0.05, 0) is 25.3 Å². The van der Waals surface area contributed by atoms with Gasteiger partial charge in [0.05, 0.1) is 18.8 Å². The van der Waals surface area contributed by atoms with Crippen molar-refractivity contribution in [1.29, 1.82) is 0 Å². The fraction of sp³-hybridized carbons (Fsp3) is 0.636. The van der Waals surface area contributed by atoms with Gasteiger partial charge in [0, 0.05) is 12.7 Å². The quantitative estimate of drug-likeness (QED) is 0.280. The SMILES string of the molecule is Nc1ccn(CCC2CCC(COP(=O)(O)OP(=O)(O)OP(=O)(O)O)O2)c(=O)n1. The molecular formula is C11H20N3O12P3. The normalized spacial score (nSPS) is 24.1. The lowest BCUT2D eigenvalue weighted by molar-refractivity contribution is 0.00607. The van der Waals surface area contributed by atoms with Crippen molar-refractivity contribution in [3.8, 4) is 0 Å². The Labute approximate surface area is 163 Å². The molecule has 0 amide bonds. The van der Waals surface area contributed by atoms with E-state index in [9.17, 15) is 23.4 Å². The topological polar surface area (TPSA) is 230 Å². The van der Waals surface area contributed by atoms with Gasteiger partial charge in [-0.1, -0.05) is 0 Å². The number of aryl methyl sites for hydroxylation is 1. The van der Waals surface area contributed by atoms with E-state index in [1.807, 2.05) is 0 Å². The fourth-order valence-electron chi connectivity index (χ4n) is 2.49. The van der Waals surface area contributed by atoms with Gasteiger partial charge in [0.1, 0.15) is 5.82 Å². The van der Waals surface area contributed by atoms with E-state index < -0.39 is 41.9 Å². The van der Waals surface area contributed by atoms with Crippen LogP contribution in [0.15, 0.2) is 17.1 Å². The third-order valence-corrected chi connectivity index (χ3v) is 7.43. The summed E-state index contributed by atoms with van der Waals surface area (Å²) in [4.78, 5) is 50.7. The van der Waals surface area contributed by atoms with Crippen molar-refractivity contribution >= 4 is 29.3 Å². The van der Waals surface area contributed by atoms with Crippen LogP contribution in [0.4, 0.5) is 5.82 Å². The monoisotopic (exact) mass is 479 g/mol. The molecule has 2 rings (SSSR count). The van der Waals surface area contributed by atoms with Crippen LogP contribution in [0.5, 0.6) is 0 Å². The van der Waals surface area contributed by atoms with Gasteiger partial charge >= 0.3 is 29.2 Å². The Morgan fingerprint density at radius 3 is 2.41 bits per heavy atom. The van der Waals surface area contributed by atoms with Gasteiger partial charge in [-0.15, -0.1) is 0 Å². The zero-order valence-electron chi connectivity index (χ0n) is 14.7. The van der Waals surface area contributed by atoms with Crippen molar-refractivity contribution in [2.24, 2.45) is 0 Å². The highest BCUT2D eigenvalue weighted by Gasteiger charge is 2.41. The van der Waals surface area contributed by atoms with Gasteiger partial charge in [-0.25, -0.2) is 18.5 Å². The molecule has 1 fully saturated rings. The van der Waals surface area contributed by atoms with E-state index in [1.165, 1.54) is 16.8 Å². The Balaban J connectivity index is 1.79. The molecule has 0 radical (unpaired) electrons. The molecule has 1 aliphatic heterocycles. The zero-order valence-corrected chi connectivity index (χ0v) is 17.4. The van der Waals surface area contributed by atoms with E-state index in [0.717, 1.165) is 0 Å². The van der Waals surface area contributed by atoms with Crippen molar-refractivity contribution in [3.05, 3.63) is 22.7 Å². The van der Waals surface area contributed by atoms with Crippen LogP contribution in [0.1, 0.15) is 19.3 Å². The number of ether oxygens (including phenoxy) is 1. The molecule has 4 atom stereocenters. The molecule has 29 heavy (non-hydrogen) atoms. The van der Waals surface area contributed by atoms with Crippen LogP contribution in [0.2, 0.25) is 0 Å². The van der Waals surface area contributed by atoms with E-state index in [2.05, 4.69) is 18.1 Å². The van der Waals surface area contributed by atoms with E-state index in [1.54, 1.807) is 0 Å². The molecule has 18 heteroatoms. The van der Waals surface area contributed by atoms with E-state index in [-0.39, 0.29) is 11.9 Å². The smallest absolute Gasteiger partial charge is 0.383 e. The van der Waals surface area contributed by atoms with Crippen molar-refractivity contribution in [2.45, 2.75) is 38.0 Å². The number of hydrogen-bond donors (Lipinski definition) is 5. The molecule has 15 nitrogen and oxygen atoms in total. The van der Waals surface area contributed by atoms with Crippen LogP contribution in [-0.2, 0) is 38.1 Å². The van der Waals surface area contributed by atoms with Gasteiger partial charge in [-0.2, -0.15) is 13.6 Å². The first-order valence-corrected chi connectivity index (χ1v) is 12.5. The predicted octanol–water partition coefficient (Wildman–Crippen LogP) is 0.106. The largest absolute Gasteiger partial charge is 0.490 e. The van der Waals surface area contributed by atoms with Crippen molar-refractivity contribution < 1.29 is 51.2 Å². The summed E-state index contributed by atoms with van der Waals surface area (Å²) in [6.07, 6.45) is 1.99. The number of aromatic nitrogens is 2. The van der Waals surface area contributed by atoms with Crippen molar-refractivity contribution in [1.82, 2.24) is 9.55 Å². The standard InChI is InChI=1S/C11H20N3O12P3/c12-10-4-6-14(11(15)13-10)5-3-8-1-2-9(24-8)7-23-28(19,20)26-29(21,22)25-27(16,17)18/h4,6,8-9H,1-3,5,7H2,(H,19,20)(H,21,22)(H2,12,13,15)(H2,16,17,18). The average Bonchev–Trinajstić information content (AvgIpc) is 2.97. The minimum atomic E-state index is -5.55. The Bertz CT molecular complexity index is 916. The summed E-state index contributed by atoms with van der Waals surface area (Å²) < 4.78 is 52.2. The molecule has 2 heterocycles. The van der Waals surface area contributed by atoms with Gasteiger partial charge in [0.2, 0.25) is 0 Å². The Morgan fingerprint density at radius 1 is 1.14 bits per heavy atom. The second-order valence-corrected chi connectivity index (χ2v) is 10.4. The van der Waals surface area contributed by atoms with Gasteiger partial charge in [0.25, 0.3) is 0 Å².